The maximum atomic E-state index is 12.0. The lowest BCUT2D eigenvalue weighted by Crippen LogP contribution is -2.38. The molecule has 1 aromatic heterocycles. The van der Waals surface area contributed by atoms with Crippen LogP contribution < -0.4 is 9.46 Å². The molecule has 0 aliphatic heterocycles. The van der Waals surface area contributed by atoms with Crippen molar-refractivity contribution in [2.45, 2.75) is 12.4 Å². The number of hydrogen-bond donors (Lipinski definition) is 1. The van der Waals surface area contributed by atoms with Gasteiger partial charge in [0.25, 0.3) is 0 Å². The predicted octanol–water partition coefficient (Wildman–Crippen LogP) is 1.74. The van der Waals surface area contributed by atoms with Gasteiger partial charge in [-0.15, -0.1) is 11.3 Å². The average Bonchev–Trinajstić information content (AvgIpc) is 2.82. The Morgan fingerprint density at radius 2 is 2.10 bits per heavy atom. The number of hydrogen-bond acceptors (Lipinski definition) is 6. The number of alkyl halides is 3. The third kappa shape index (κ3) is 5.17. The summed E-state index contributed by atoms with van der Waals surface area (Å²) in [6.45, 7) is 1.01. The van der Waals surface area contributed by atoms with E-state index in [-0.39, 0.29) is 23.8 Å². The van der Waals surface area contributed by atoms with E-state index >= 15 is 0 Å². The zero-order valence-corrected chi connectivity index (χ0v) is 12.4. The first kappa shape index (κ1) is 17.7. The van der Waals surface area contributed by atoms with E-state index in [0.29, 0.717) is 0 Å². The first-order valence-corrected chi connectivity index (χ1v) is 7.98. The number of carbonyl (C=O) groups is 1. The molecule has 0 amide bonds. The van der Waals surface area contributed by atoms with Crippen molar-refractivity contribution in [2.24, 2.45) is 0 Å². The molecule has 0 atom stereocenters. The zero-order chi connectivity index (χ0) is 16.1. The van der Waals surface area contributed by atoms with Crippen LogP contribution in [0.1, 0.15) is 17.3 Å². The fraction of sp³-hybridized carbons (Fsp3) is 0.500. The molecule has 0 spiro atoms. The Hall–Kier alpha value is -1.33. The minimum atomic E-state index is -5.37. The molecule has 0 saturated heterocycles. The Morgan fingerprint density at radius 3 is 2.67 bits per heavy atom. The van der Waals surface area contributed by atoms with Gasteiger partial charge in [-0.05, 0) is 6.92 Å². The van der Waals surface area contributed by atoms with E-state index in [1.54, 1.807) is 6.92 Å². The smallest absolute Gasteiger partial charge is 0.483 e. The van der Waals surface area contributed by atoms with Crippen molar-refractivity contribution in [3.05, 3.63) is 17.0 Å². The van der Waals surface area contributed by atoms with Gasteiger partial charge in [0.15, 0.2) is 5.06 Å². The summed E-state index contributed by atoms with van der Waals surface area (Å²) in [6.07, 6.45) is 0. The van der Waals surface area contributed by atoms with Crippen molar-refractivity contribution in [1.29, 1.82) is 0 Å². The first-order valence-electron chi connectivity index (χ1n) is 5.61. The third-order valence-electron chi connectivity index (χ3n) is 2.03. The van der Waals surface area contributed by atoms with Gasteiger partial charge in [-0.1, -0.05) is 0 Å². The Labute approximate surface area is 122 Å². The van der Waals surface area contributed by atoms with Gasteiger partial charge in [0.2, 0.25) is 0 Å². The van der Waals surface area contributed by atoms with Gasteiger partial charge in [-0.25, -0.2) is 17.9 Å². The third-order valence-corrected chi connectivity index (χ3v) is 4.06. The van der Waals surface area contributed by atoms with Crippen molar-refractivity contribution in [1.82, 2.24) is 4.72 Å². The largest absolute Gasteiger partial charge is 0.511 e. The Balaban J connectivity index is 2.42. The molecule has 1 N–H and O–H groups in total. The van der Waals surface area contributed by atoms with Gasteiger partial charge >= 0.3 is 21.5 Å². The van der Waals surface area contributed by atoms with E-state index in [0.717, 1.165) is 11.3 Å². The van der Waals surface area contributed by atoms with Gasteiger partial charge in [-0.2, -0.15) is 13.2 Å². The number of ether oxygens (including phenoxy) is 2. The highest BCUT2D eigenvalue weighted by Gasteiger charge is 2.45. The van der Waals surface area contributed by atoms with Crippen LogP contribution in [0.5, 0.6) is 5.06 Å². The highest BCUT2D eigenvalue weighted by Crippen LogP contribution is 2.24. The molecular formula is C10H12F3NO5S2. The summed E-state index contributed by atoms with van der Waals surface area (Å²) in [4.78, 5) is 11.3. The van der Waals surface area contributed by atoms with Crippen LogP contribution in [-0.2, 0) is 14.8 Å². The lowest BCUT2D eigenvalue weighted by Gasteiger charge is -2.09. The SMILES string of the molecule is CCOC(=O)c1csc(OCCNS(=O)(=O)C(F)(F)F)c1. The van der Waals surface area contributed by atoms with Crippen LogP contribution in [0.15, 0.2) is 11.4 Å². The molecule has 120 valence electrons. The molecular weight excluding hydrogens is 335 g/mol. The van der Waals surface area contributed by atoms with Crippen molar-refractivity contribution in [3.8, 4) is 5.06 Å². The Morgan fingerprint density at radius 1 is 1.43 bits per heavy atom. The van der Waals surface area contributed by atoms with Crippen LogP contribution in [0, 0.1) is 0 Å². The fourth-order valence-electron chi connectivity index (χ4n) is 1.12. The Kier molecular flexibility index (Phi) is 5.98. The second-order valence-corrected chi connectivity index (χ2v) is 6.20. The van der Waals surface area contributed by atoms with Crippen molar-refractivity contribution in [2.75, 3.05) is 19.8 Å². The number of halogens is 3. The topological polar surface area (TPSA) is 81.7 Å². The highest BCUT2D eigenvalue weighted by molar-refractivity contribution is 7.90. The number of thiophene rings is 1. The molecule has 1 heterocycles. The molecule has 0 aliphatic rings. The van der Waals surface area contributed by atoms with Crippen molar-refractivity contribution < 1.29 is 35.9 Å². The molecule has 6 nitrogen and oxygen atoms in total. The summed E-state index contributed by atoms with van der Waals surface area (Å²) in [5.74, 6) is -0.540. The van der Waals surface area contributed by atoms with Crippen LogP contribution in [0.4, 0.5) is 13.2 Å². The maximum absolute atomic E-state index is 12.0. The van der Waals surface area contributed by atoms with E-state index < -0.39 is 28.0 Å². The molecule has 0 saturated carbocycles. The summed E-state index contributed by atoms with van der Waals surface area (Å²) in [5.41, 5.74) is -5.10. The average molecular weight is 347 g/mol. The first-order chi connectivity index (χ1) is 9.67. The second-order valence-electron chi connectivity index (χ2n) is 3.57. The molecule has 0 fully saturated rings. The summed E-state index contributed by atoms with van der Waals surface area (Å²) in [5, 5.41) is 1.73. The molecule has 1 rings (SSSR count). The maximum Gasteiger partial charge on any atom is 0.511 e. The van der Waals surface area contributed by atoms with Crippen LogP contribution in [-0.4, -0.2) is 39.7 Å². The predicted molar refractivity (Wildman–Crippen MR) is 68.7 cm³/mol. The number of carbonyl (C=O) groups excluding carboxylic acids is 1. The van der Waals surface area contributed by atoms with Crippen LogP contribution in [0.25, 0.3) is 0 Å². The fourth-order valence-corrected chi connectivity index (χ4v) is 2.39. The molecule has 0 radical (unpaired) electrons. The molecule has 0 bridgehead atoms. The van der Waals surface area contributed by atoms with Crippen LogP contribution in [0.3, 0.4) is 0 Å². The highest BCUT2D eigenvalue weighted by atomic mass is 32.2. The Bertz CT molecular complexity index is 582. The summed E-state index contributed by atoms with van der Waals surface area (Å²) >= 11 is 1.04. The number of esters is 1. The van der Waals surface area contributed by atoms with E-state index in [4.69, 9.17) is 9.47 Å². The number of sulfonamides is 1. The summed E-state index contributed by atoms with van der Waals surface area (Å²) < 4.78 is 68.5. The molecule has 0 aromatic carbocycles. The summed E-state index contributed by atoms with van der Waals surface area (Å²) in [7, 11) is -5.37. The number of nitrogens with one attached hydrogen (secondary N) is 1. The lowest BCUT2D eigenvalue weighted by molar-refractivity contribution is -0.0448. The van der Waals surface area contributed by atoms with Crippen LogP contribution >= 0.6 is 11.3 Å². The quantitative estimate of drug-likeness (QED) is 0.600. The van der Waals surface area contributed by atoms with Gasteiger partial charge in [0, 0.05) is 18.0 Å². The minimum Gasteiger partial charge on any atom is -0.483 e. The van der Waals surface area contributed by atoms with Crippen molar-refractivity contribution in [3.63, 3.8) is 0 Å². The molecule has 0 aliphatic carbocycles. The normalized spacial score (nSPS) is 12.2. The molecule has 1 aromatic rings. The zero-order valence-electron chi connectivity index (χ0n) is 10.8. The standard InChI is InChI=1S/C10H12F3NO5S2/c1-2-18-9(15)7-5-8(20-6-7)19-4-3-14-21(16,17)10(11,12)13/h5-6,14H,2-4H2,1H3. The monoisotopic (exact) mass is 347 g/mol. The van der Waals surface area contributed by atoms with E-state index in [9.17, 15) is 26.4 Å². The molecule has 11 heteroatoms. The van der Waals surface area contributed by atoms with E-state index in [2.05, 4.69) is 0 Å². The minimum absolute atomic E-state index is 0.212. The van der Waals surface area contributed by atoms with E-state index in [1.807, 2.05) is 0 Å². The van der Waals surface area contributed by atoms with Gasteiger partial charge in [-0.3, -0.25) is 0 Å². The van der Waals surface area contributed by atoms with Gasteiger partial charge in [0.05, 0.1) is 12.2 Å². The van der Waals surface area contributed by atoms with Crippen molar-refractivity contribution >= 4 is 27.3 Å². The van der Waals surface area contributed by atoms with Gasteiger partial charge < -0.3 is 9.47 Å². The molecule has 0 unspecified atom stereocenters. The number of rotatable bonds is 7. The lowest BCUT2D eigenvalue weighted by atomic mass is 10.3. The summed E-state index contributed by atoms with van der Waals surface area (Å²) in [6, 6.07) is 1.36. The second kappa shape index (κ2) is 7.09. The van der Waals surface area contributed by atoms with E-state index in [1.165, 1.54) is 16.2 Å². The molecule has 21 heavy (non-hydrogen) atoms. The van der Waals surface area contributed by atoms with Gasteiger partial charge in [0.1, 0.15) is 6.61 Å². The van der Waals surface area contributed by atoms with Crippen LogP contribution in [0.2, 0.25) is 0 Å².